The molecule has 1 aromatic heterocycles. The second-order valence-electron chi connectivity index (χ2n) is 3.28. The van der Waals surface area contributed by atoms with Crippen LogP contribution in [0.25, 0.3) is 0 Å². The van der Waals surface area contributed by atoms with Gasteiger partial charge in [0.25, 0.3) is 0 Å². The molecule has 2 aromatic rings. The van der Waals surface area contributed by atoms with E-state index in [9.17, 15) is 0 Å². The quantitative estimate of drug-likeness (QED) is 0.826. The molecular weight excluding hydrogens is 308 g/mol. The Kier molecular flexibility index (Phi) is 3.74. The SMILES string of the molecule is Nc1ccc(Cl)cc1NCc1sccc1Br. The minimum absolute atomic E-state index is 0.682. The van der Waals surface area contributed by atoms with Crippen LogP contribution in [0.2, 0.25) is 5.02 Å². The lowest BCUT2D eigenvalue weighted by molar-refractivity contribution is 1.18. The molecule has 3 N–H and O–H groups in total. The van der Waals surface area contributed by atoms with Crippen molar-refractivity contribution in [2.45, 2.75) is 6.54 Å². The zero-order valence-corrected chi connectivity index (χ0v) is 11.5. The van der Waals surface area contributed by atoms with E-state index >= 15 is 0 Å². The average molecular weight is 318 g/mol. The number of thiophene rings is 1. The summed E-state index contributed by atoms with van der Waals surface area (Å²) in [4.78, 5) is 1.24. The van der Waals surface area contributed by atoms with Crippen LogP contribution in [0.1, 0.15) is 4.88 Å². The second-order valence-corrected chi connectivity index (χ2v) is 5.57. The molecule has 5 heteroatoms. The maximum Gasteiger partial charge on any atom is 0.0591 e. The third-order valence-corrected chi connectivity index (χ3v) is 4.31. The molecule has 0 radical (unpaired) electrons. The minimum atomic E-state index is 0.682. The topological polar surface area (TPSA) is 38.0 Å². The molecule has 2 nitrogen and oxygen atoms in total. The number of nitrogens with one attached hydrogen (secondary N) is 1. The van der Waals surface area contributed by atoms with E-state index in [4.69, 9.17) is 17.3 Å². The summed E-state index contributed by atoms with van der Waals surface area (Å²) in [6.45, 7) is 0.739. The molecule has 1 aromatic carbocycles. The highest BCUT2D eigenvalue weighted by atomic mass is 79.9. The fraction of sp³-hybridized carbons (Fsp3) is 0.0909. The number of nitrogen functional groups attached to an aromatic ring is 1. The van der Waals surface area contributed by atoms with E-state index in [2.05, 4.69) is 21.2 Å². The molecule has 0 bridgehead atoms. The van der Waals surface area contributed by atoms with Gasteiger partial charge in [-0.25, -0.2) is 0 Å². The lowest BCUT2D eigenvalue weighted by atomic mass is 10.2. The van der Waals surface area contributed by atoms with Crippen LogP contribution in [0.3, 0.4) is 0 Å². The number of halogens is 2. The number of anilines is 2. The van der Waals surface area contributed by atoms with E-state index in [1.165, 1.54) is 4.88 Å². The van der Waals surface area contributed by atoms with E-state index in [1.54, 1.807) is 23.5 Å². The summed E-state index contributed by atoms with van der Waals surface area (Å²) < 4.78 is 1.12. The Morgan fingerprint density at radius 1 is 1.38 bits per heavy atom. The summed E-state index contributed by atoms with van der Waals surface area (Å²) in [5.74, 6) is 0. The average Bonchev–Trinajstić information content (AvgIpc) is 2.66. The van der Waals surface area contributed by atoms with Gasteiger partial charge in [0.1, 0.15) is 0 Å². The summed E-state index contributed by atoms with van der Waals surface area (Å²) in [6.07, 6.45) is 0. The Morgan fingerprint density at radius 3 is 2.88 bits per heavy atom. The number of benzene rings is 1. The first-order valence-electron chi connectivity index (χ1n) is 4.67. The Morgan fingerprint density at radius 2 is 2.19 bits per heavy atom. The first-order chi connectivity index (χ1) is 7.66. The molecule has 0 amide bonds. The van der Waals surface area contributed by atoms with Gasteiger partial charge in [0.2, 0.25) is 0 Å². The number of hydrogen-bond donors (Lipinski definition) is 2. The largest absolute Gasteiger partial charge is 0.397 e. The van der Waals surface area contributed by atoms with Crippen LogP contribution in [0.4, 0.5) is 11.4 Å². The highest BCUT2D eigenvalue weighted by Gasteiger charge is 2.03. The molecule has 1 heterocycles. The highest BCUT2D eigenvalue weighted by molar-refractivity contribution is 9.10. The van der Waals surface area contributed by atoms with Crippen molar-refractivity contribution in [2.75, 3.05) is 11.1 Å². The van der Waals surface area contributed by atoms with Gasteiger partial charge in [-0.15, -0.1) is 11.3 Å². The van der Waals surface area contributed by atoms with Crippen molar-refractivity contribution in [3.8, 4) is 0 Å². The van der Waals surface area contributed by atoms with Crippen LogP contribution in [-0.2, 0) is 6.54 Å². The van der Waals surface area contributed by atoms with Crippen molar-refractivity contribution >= 4 is 50.2 Å². The van der Waals surface area contributed by atoms with E-state index in [0.717, 1.165) is 16.7 Å². The summed E-state index contributed by atoms with van der Waals surface area (Å²) in [5, 5.41) is 5.99. The predicted molar refractivity (Wildman–Crippen MR) is 75.2 cm³/mol. The van der Waals surface area contributed by atoms with Crippen molar-refractivity contribution < 1.29 is 0 Å². The molecule has 0 aliphatic heterocycles. The van der Waals surface area contributed by atoms with Gasteiger partial charge in [0.05, 0.1) is 17.9 Å². The predicted octanol–water partition coefficient (Wildman–Crippen LogP) is 4.36. The monoisotopic (exact) mass is 316 g/mol. The highest BCUT2D eigenvalue weighted by Crippen LogP contribution is 2.27. The Balaban J connectivity index is 2.10. The van der Waals surface area contributed by atoms with Gasteiger partial charge in [0, 0.05) is 14.4 Å². The smallest absolute Gasteiger partial charge is 0.0591 e. The normalized spacial score (nSPS) is 10.4. The van der Waals surface area contributed by atoms with E-state index < -0.39 is 0 Å². The van der Waals surface area contributed by atoms with Crippen molar-refractivity contribution in [1.29, 1.82) is 0 Å². The molecule has 0 fully saturated rings. The summed E-state index contributed by atoms with van der Waals surface area (Å²) in [6, 6.07) is 7.44. The second kappa shape index (κ2) is 5.08. The van der Waals surface area contributed by atoms with Gasteiger partial charge in [-0.1, -0.05) is 11.6 Å². The van der Waals surface area contributed by atoms with Gasteiger partial charge >= 0.3 is 0 Å². The van der Waals surface area contributed by atoms with E-state index in [-0.39, 0.29) is 0 Å². The van der Waals surface area contributed by atoms with Crippen LogP contribution in [-0.4, -0.2) is 0 Å². The zero-order chi connectivity index (χ0) is 11.5. The molecule has 0 aliphatic rings. The van der Waals surface area contributed by atoms with Gasteiger partial charge < -0.3 is 11.1 Å². The van der Waals surface area contributed by atoms with Crippen LogP contribution >= 0.6 is 38.9 Å². The summed E-state index contributed by atoms with van der Waals surface area (Å²) in [5.41, 5.74) is 7.41. The van der Waals surface area contributed by atoms with Gasteiger partial charge in [-0.2, -0.15) is 0 Å². The van der Waals surface area contributed by atoms with Gasteiger partial charge in [-0.05, 0) is 45.6 Å². The van der Waals surface area contributed by atoms with Crippen molar-refractivity contribution in [3.63, 3.8) is 0 Å². The van der Waals surface area contributed by atoms with E-state index in [1.807, 2.05) is 17.5 Å². The molecule has 0 atom stereocenters. The minimum Gasteiger partial charge on any atom is -0.397 e. The fourth-order valence-corrected chi connectivity index (χ4v) is 2.91. The van der Waals surface area contributed by atoms with Crippen LogP contribution in [0, 0.1) is 0 Å². The first kappa shape index (κ1) is 11.8. The Bertz CT molecular complexity index is 498. The van der Waals surface area contributed by atoms with Crippen molar-refractivity contribution in [2.24, 2.45) is 0 Å². The molecule has 0 spiro atoms. The Hall–Kier alpha value is -0.710. The molecule has 0 saturated heterocycles. The van der Waals surface area contributed by atoms with Gasteiger partial charge in [-0.3, -0.25) is 0 Å². The maximum absolute atomic E-state index is 5.91. The van der Waals surface area contributed by atoms with Gasteiger partial charge in [0.15, 0.2) is 0 Å². The van der Waals surface area contributed by atoms with Crippen molar-refractivity contribution in [3.05, 3.63) is 44.0 Å². The fourth-order valence-electron chi connectivity index (χ4n) is 1.31. The maximum atomic E-state index is 5.91. The third-order valence-electron chi connectivity index (χ3n) is 2.15. The summed E-state index contributed by atoms with van der Waals surface area (Å²) in [7, 11) is 0. The zero-order valence-electron chi connectivity index (χ0n) is 8.34. The number of hydrogen-bond acceptors (Lipinski definition) is 3. The standard InChI is InChI=1S/C11H10BrClN2S/c12-8-3-4-16-11(8)6-15-10-5-7(13)1-2-9(10)14/h1-5,15H,6,14H2. The van der Waals surface area contributed by atoms with Crippen molar-refractivity contribution in [1.82, 2.24) is 0 Å². The molecule has 2 rings (SSSR count). The first-order valence-corrected chi connectivity index (χ1v) is 6.72. The third kappa shape index (κ3) is 2.70. The molecular formula is C11H10BrClN2S. The number of rotatable bonds is 3. The van der Waals surface area contributed by atoms with E-state index in [0.29, 0.717) is 10.7 Å². The lowest BCUT2D eigenvalue weighted by Crippen LogP contribution is -2.01. The van der Waals surface area contributed by atoms with Crippen LogP contribution in [0.5, 0.6) is 0 Å². The molecule has 16 heavy (non-hydrogen) atoms. The molecule has 84 valence electrons. The van der Waals surface area contributed by atoms with Crippen LogP contribution < -0.4 is 11.1 Å². The molecule has 0 unspecified atom stereocenters. The molecule has 0 aliphatic carbocycles. The number of nitrogens with two attached hydrogens (primary N) is 1. The molecule has 0 saturated carbocycles. The lowest BCUT2D eigenvalue weighted by Gasteiger charge is -2.08. The summed E-state index contributed by atoms with van der Waals surface area (Å²) >= 11 is 11.1. The Labute approximate surface area is 112 Å². The van der Waals surface area contributed by atoms with Crippen LogP contribution in [0.15, 0.2) is 34.1 Å².